The summed E-state index contributed by atoms with van der Waals surface area (Å²) in [6, 6.07) is 17.4. The van der Waals surface area contributed by atoms with Gasteiger partial charge in [-0.1, -0.05) is 42.5 Å². The Balaban J connectivity index is 2.09. The predicted octanol–water partition coefficient (Wildman–Crippen LogP) is 3.47. The third kappa shape index (κ3) is 3.83. The van der Waals surface area contributed by atoms with Gasteiger partial charge in [0.2, 0.25) is 0 Å². The van der Waals surface area contributed by atoms with E-state index in [2.05, 4.69) is 11.4 Å². The van der Waals surface area contributed by atoms with Gasteiger partial charge in [0.25, 0.3) is 0 Å². The number of alkyl carbamates (subject to hydrolysis) is 1. The van der Waals surface area contributed by atoms with Gasteiger partial charge in [-0.2, -0.15) is 5.26 Å². The van der Waals surface area contributed by atoms with Gasteiger partial charge in [-0.05, 0) is 29.7 Å². The van der Waals surface area contributed by atoms with Crippen LogP contribution in [0.5, 0.6) is 0 Å². The Morgan fingerprint density at radius 3 is 2.57 bits per heavy atom. The van der Waals surface area contributed by atoms with E-state index in [0.29, 0.717) is 18.7 Å². The molecule has 4 heteroatoms. The molecule has 2 aromatic rings. The van der Waals surface area contributed by atoms with E-state index in [1.807, 2.05) is 42.5 Å². The van der Waals surface area contributed by atoms with E-state index in [1.54, 1.807) is 13.0 Å². The molecule has 106 valence electrons. The highest BCUT2D eigenvalue weighted by molar-refractivity contribution is 5.70. The van der Waals surface area contributed by atoms with Crippen LogP contribution in [0.3, 0.4) is 0 Å². The first-order valence-corrected chi connectivity index (χ1v) is 6.73. The molecule has 2 aromatic carbocycles. The SMILES string of the molecule is CCOC(=O)NCc1ccc(-c2ccccc2C#N)cc1. The van der Waals surface area contributed by atoms with Crippen molar-refractivity contribution in [3.63, 3.8) is 0 Å². The molecule has 0 saturated carbocycles. The number of nitrogens with one attached hydrogen (secondary N) is 1. The normalized spacial score (nSPS) is 9.71. The van der Waals surface area contributed by atoms with Gasteiger partial charge in [-0.15, -0.1) is 0 Å². The Morgan fingerprint density at radius 1 is 1.19 bits per heavy atom. The summed E-state index contributed by atoms with van der Waals surface area (Å²) in [5.74, 6) is 0. The highest BCUT2D eigenvalue weighted by Crippen LogP contribution is 2.23. The largest absolute Gasteiger partial charge is 0.450 e. The summed E-state index contributed by atoms with van der Waals surface area (Å²) < 4.78 is 4.80. The fourth-order valence-electron chi connectivity index (χ4n) is 1.99. The first-order chi connectivity index (χ1) is 10.2. The van der Waals surface area contributed by atoms with Crippen LogP contribution in [0, 0.1) is 11.3 Å². The van der Waals surface area contributed by atoms with Crippen molar-refractivity contribution in [2.45, 2.75) is 13.5 Å². The van der Waals surface area contributed by atoms with Crippen molar-refractivity contribution in [3.05, 3.63) is 59.7 Å². The summed E-state index contributed by atoms with van der Waals surface area (Å²) in [5, 5.41) is 11.8. The lowest BCUT2D eigenvalue weighted by atomic mass is 9.99. The molecule has 0 spiro atoms. The monoisotopic (exact) mass is 280 g/mol. The van der Waals surface area contributed by atoms with Gasteiger partial charge in [-0.25, -0.2) is 4.79 Å². The Bertz CT molecular complexity index is 657. The van der Waals surface area contributed by atoms with Crippen molar-refractivity contribution in [2.75, 3.05) is 6.61 Å². The quantitative estimate of drug-likeness (QED) is 0.932. The third-order valence-corrected chi connectivity index (χ3v) is 3.02. The highest BCUT2D eigenvalue weighted by atomic mass is 16.5. The minimum Gasteiger partial charge on any atom is -0.450 e. The van der Waals surface area contributed by atoms with E-state index in [1.165, 1.54) is 0 Å². The van der Waals surface area contributed by atoms with Crippen LogP contribution in [0.25, 0.3) is 11.1 Å². The van der Waals surface area contributed by atoms with Crippen molar-refractivity contribution in [1.82, 2.24) is 5.32 Å². The molecule has 0 heterocycles. The molecule has 0 bridgehead atoms. The lowest BCUT2D eigenvalue weighted by Gasteiger charge is -2.07. The second-order valence-electron chi connectivity index (χ2n) is 4.43. The number of ether oxygens (including phenoxy) is 1. The smallest absolute Gasteiger partial charge is 0.407 e. The average Bonchev–Trinajstić information content (AvgIpc) is 2.54. The Kier molecular flexibility index (Phi) is 4.94. The molecule has 0 radical (unpaired) electrons. The van der Waals surface area contributed by atoms with Gasteiger partial charge in [0.15, 0.2) is 0 Å². The maximum absolute atomic E-state index is 11.2. The lowest BCUT2D eigenvalue weighted by Crippen LogP contribution is -2.23. The van der Waals surface area contributed by atoms with Crippen LogP contribution >= 0.6 is 0 Å². The standard InChI is InChI=1S/C17H16N2O2/c1-2-21-17(20)19-12-13-7-9-14(10-8-13)16-6-4-3-5-15(16)11-18/h3-10H,2,12H2,1H3,(H,19,20). The van der Waals surface area contributed by atoms with Crippen molar-refractivity contribution in [3.8, 4) is 17.2 Å². The Morgan fingerprint density at radius 2 is 1.90 bits per heavy atom. The minimum absolute atomic E-state index is 0.357. The van der Waals surface area contributed by atoms with Crippen LogP contribution in [0.4, 0.5) is 4.79 Å². The van der Waals surface area contributed by atoms with Gasteiger partial charge in [0.05, 0.1) is 18.2 Å². The summed E-state index contributed by atoms with van der Waals surface area (Å²) in [6.07, 6.45) is -0.420. The van der Waals surface area contributed by atoms with Gasteiger partial charge >= 0.3 is 6.09 Å². The van der Waals surface area contributed by atoms with Crippen LogP contribution in [0.1, 0.15) is 18.1 Å². The molecule has 2 rings (SSSR count). The number of hydrogen-bond donors (Lipinski definition) is 1. The summed E-state index contributed by atoms with van der Waals surface area (Å²) in [4.78, 5) is 11.2. The maximum Gasteiger partial charge on any atom is 0.407 e. The van der Waals surface area contributed by atoms with Crippen LogP contribution in [0.2, 0.25) is 0 Å². The number of rotatable bonds is 4. The molecule has 0 aromatic heterocycles. The molecule has 0 unspecified atom stereocenters. The fourth-order valence-corrected chi connectivity index (χ4v) is 1.99. The number of amides is 1. The number of nitriles is 1. The van der Waals surface area contributed by atoms with E-state index < -0.39 is 6.09 Å². The summed E-state index contributed by atoms with van der Waals surface area (Å²) >= 11 is 0. The first kappa shape index (κ1) is 14.6. The van der Waals surface area contributed by atoms with E-state index in [0.717, 1.165) is 16.7 Å². The van der Waals surface area contributed by atoms with Crippen LogP contribution in [0.15, 0.2) is 48.5 Å². The molecule has 0 aliphatic rings. The van der Waals surface area contributed by atoms with E-state index in [9.17, 15) is 4.79 Å². The van der Waals surface area contributed by atoms with E-state index in [4.69, 9.17) is 10.00 Å². The van der Waals surface area contributed by atoms with Crippen LogP contribution < -0.4 is 5.32 Å². The molecule has 0 aliphatic heterocycles. The molecule has 0 atom stereocenters. The second-order valence-corrected chi connectivity index (χ2v) is 4.43. The number of nitrogens with zero attached hydrogens (tertiary/aromatic N) is 1. The fraction of sp³-hybridized carbons (Fsp3) is 0.176. The Labute approximate surface area is 124 Å². The number of carbonyl (C=O) groups is 1. The van der Waals surface area contributed by atoms with Gasteiger partial charge in [-0.3, -0.25) is 0 Å². The molecule has 1 N–H and O–H groups in total. The molecule has 21 heavy (non-hydrogen) atoms. The van der Waals surface area contributed by atoms with E-state index in [-0.39, 0.29) is 0 Å². The molecule has 0 saturated heterocycles. The molecule has 1 amide bonds. The zero-order chi connectivity index (χ0) is 15.1. The van der Waals surface area contributed by atoms with Crippen LogP contribution in [-0.4, -0.2) is 12.7 Å². The van der Waals surface area contributed by atoms with Gasteiger partial charge < -0.3 is 10.1 Å². The van der Waals surface area contributed by atoms with Crippen LogP contribution in [-0.2, 0) is 11.3 Å². The average molecular weight is 280 g/mol. The predicted molar refractivity (Wildman–Crippen MR) is 80.5 cm³/mol. The molecular formula is C17H16N2O2. The number of benzene rings is 2. The van der Waals surface area contributed by atoms with Crippen molar-refractivity contribution in [2.24, 2.45) is 0 Å². The minimum atomic E-state index is -0.420. The molecule has 0 fully saturated rings. The topological polar surface area (TPSA) is 62.1 Å². The van der Waals surface area contributed by atoms with Crippen molar-refractivity contribution in [1.29, 1.82) is 5.26 Å². The molecule has 4 nitrogen and oxygen atoms in total. The van der Waals surface area contributed by atoms with Gasteiger partial charge in [0, 0.05) is 6.54 Å². The maximum atomic E-state index is 11.2. The molecule has 0 aliphatic carbocycles. The highest BCUT2D eigenvalue weighted by Gasteiger charge is 2.04. The number of carbonyl (C=O) groups excluding carboxylic acids is 1. The molecular weight excluding hydrogens is 264 g/mol. The summed E-state index contributed by atoms with van der Waals surface area (Å²) in [5.41, 5.74) is 3.51. The first-order valence-electron chi connectivity index (χ1n) is 6.73. The van der Waals surface area contributed by atoms with Crippen molar-refractivity contribution < 1.29 is 9.53 Å². The van der Waals surface area contributed by atoms with Gasteiger partial charge in [0.1, 0.15) is 0 Å². The lowest BCUT2D eigenvalue weighted by molar-refractivity contribution is 0.151. The van der Waals surface area contributed by atoms with Crippen molar-refractivity contribution >= 4 is 6.09 Å². The Hall–Kier alpha value is -2.80. The zero-order valence-corrected chi connectivity index (χ0v) is 11.8. The van der Waals surface area contributed by atoms with E-state index >= 15 is 0 Å². The third-order valence-electron chi connectivity index (χ3n) is 3.02. The zero-order valence-electron chi connectivity index (χ0n) is 11.8. The second kappa shape index (κ2) is 7.11. The number of hydrogen-bond acceptors (Lipinski definition) is 3. The summed E-state index contributed by atoms with van der Waals surface area (Å²) in [6.45, 7) is 2.54. The summed E-state index contributed by atoms with van der Waals surface area (Å²) in [7, 11) is 0.